The molecule has 0 aromatic heterocycles. The van der Waals surface area contributed by atoms with Gasteiger partial charge in [-0.2, -0.15) is 0 Å². The van der Waals surface area contributed by atoms with Gasteiger partial charge in [0.25, 0.3) is 6.43 Å². The molecule has 0 bridgehead atoms. The molecule has 4 nitrogen and oxygen atoms in total. The monoisotopic (exact) mass is 236 g/mol. The smallest absolute Gasteiger partial charge is 0.261 e. The van der Waals surface area contributed by atoms with Crippen LogP contribution < -0.4 is 10.6 Å². The highest BCUT2D eigenvalue weighted by Gasteiger charge is 2.20. The summed E-state index contributed by atoms with van der Waals surface area (Å²) in [6, 6.07) is 0. The van der Waals surface area contributed by atoms with E-state index in [0.717, 1.165) is 19.4 Å². The number of nitrogens with one attached hydrogen (secondary N) is 2. The van der Waals surface area contributed by atoms with Crippen molar-refractivity contribution >= 4 is 5.91 Å². The molecule has 1 amide bonds. The summed E-state index contributed by atoms with van der Waals surface area (Å²) in [5, 5.41) is 5.82. The Morgan fingerprint density at radius 2 is 2.38 bits per heavy atom. The molecule has 0 unspecified atom stereocenters. The number of rotatable bonds is 6. The van der Waals surface area contributed by atoms with Gasteiger partial charge in [-0.05, 0) is 19.4 Å². The molecule has 1 saturated heterocycles. The van der Waals surface area contributed by atoms with Crippen LogP contribution in [0, 0.1) is 5.92 Å². The van der Waals surface area contributed by atoms with Gasteiger partial charge in [-0.1, -0.05) is 0 Å². The van der Waals surface area contributed by atoms with Gasteiger partial charge >= 0.3 is 0 Å². The zero-order chi connectivity index (χ0) is 11.8. The number of piperidine rings is 1. The Morgan fingerprint density at radius 1 is 1.56 bits per heavy atom. The van der Waals surface area contributed by atoms with Crippen LogP contribution in [0.2, 0.25) is 0 Å². The molecule has 1 aliphatic rings. The maximum Gasteiger partial charge on any atom is 0.261 e. The summed E-state index contributed by atoms with van der Waals surface area (Å²) in [6.45, 7) is 1.52. The van der Waals surface area contributed by atoms with E-state index in [0.29, 0.717) is 13.1 Å². The van der Waals surface area contributed by atoms with Gasteiger partial charge < -0.3 is 15.4 Å². The third kappa shape index (κ3) is 5.37. The van der Waals surface area contributed by atoms with Crippen LogP contribution in [0.5, 0.6) is 0 Å². The van der Waals surface area contributed by atoms with E-state index >= 15 is 0 Å². The second kappa shape index (κ2) is 7.51. The van der Waals surface area contributed by atoms with Gasteiger partial charge in [-0.25, -0.2) is 8.78 Å². The van der Waals surface area contributed by atoms with Gasteiger partial charge in [-0.3, -0.25) is 4.79 Å². The van der Waals surface area contributed by atoms with Gasteiger partial charge in [0.2, 0.25) is 5.91 Å². The van der Waals surface area contributed by atoms with Crippen LogP contribution in [0.1, 0.15) is 12.8 Å². The minimum atomic E-state index is -2.45. The number of alkyl halides is 2. The van der Waals surface area contributed by atoms with Crippen LogP contribution in [0.25, 0.3) is 0 Å². The van der Waals surface area contributed by atoms with Crippen molar-refractivity contribution < 1.29 is 18.3 Å². The number of carbonyl (C=O) groups is 1. The number of hydrogen-bond acceptors (Lipinski definition) is 3. The molecule has 2 N–H and O–H groups in total. The van der Waals surface area contributed by atoms with Crippen LogP contribution in [0.15, 0.2) is 0 Å². The Balaban J connectivity index is 2.01. The number of carbonyl (C=O) groups excluding carboxylic acids is 1. The first-order valence-electron chi connectivity index (χ1n) is 5.54. The summed E-state index contributed by atoms with van der Waals surface area (Å²) in [4.78, 5) is 11.5. The lowest BCUT2D eigenvalue weighted by molar-refractivity contribution is -0.125. The highest BCUT2D eigenvalue weighted by molar-refractivity contribution is 5.78. The third-order valence-electron chi connectivity index (χ3n) is 2.46. The summed E-state index contributed by atoms with van der Waals surface area (Å²) < 4.78 is 28.0. The zero-order valence-corrected chi connectivity index (χ0v) is 9.18. The van der Waals surface area contributed by atoms with Crippen molar-refractivity contribution in [2.75, 3.05) is 32.8 Å². The fourth-order valence-corrected chi connectivity index (χ4v) is 1.64. The zero-order valence-electron chi connectivity index (χ0n) is 9.18. The lowest BCUT2D eigenvalue weighted by Gasteiger charge is -2.21. The van der Waals surface area contributed by atoms with Crippen molar-refractivity contribution in [3.05, 3.63) is 0 Å². The summed E-state index contributed by atoms with van der Waals surface area (Å²) in [7, 11) is 0. The molecule has 16 heavy (non-hydrogen) atoms. The summed E-state index contributed by atoms with van der Waals surface area (Å²) in [6.07, 6.45) is -0.560. The number of halogens is 2. The second-order valence-electron chi connectivity index (χ2n) is 3.80. The Hall–Kier alpha value is -0.750. The average Bonchev–Trinajstić information content (AvgIpc) is 2.29. The van der Waals surface area contributed by atoms with E-state index in [4.69, 9.17) is 0 Å². The Kier molecular flexibility index (Phi) is 6.25. The molecule has 0 radical (unpaired) electrons. The quantitative estimate of drug-likeness (QED) is 0.656. The van der Waals surface area contributed by atoms with Gasteiger partial charge in [0, 0.05) is 13.1 Å². The fourth-order valence-electron chi connectivity index (χ4n) is 1.64. The minimum absolute atomic E-state index is 0.00356. The normalized spacial score (nSPS) is 21.1. The van der Waals surface area contributed by atoms with Gasteiger partial charge in [0.15, 0.2) is 0 Å². The molecule has 1 aliphatic heterocycles. The van der Waals surface area contributed by atoms with Gasteiger partial charge in [-0.15, -0.1) is 0 Å². The molecule has 0 spiro atoms. The van der Waals surface area contributed by atoms with Crippen LogP contribution in [0.4, 0.5) is 8.78 Å². The van der Waals surface area contributed by atoms with E-state index in [2.05, 4.69) is 15.4 Å². The molecule has 0 saturated carbocycles. The van der Waals surface area contributed by atoms with E-state index in [1.54, 1.807) is 0 Å². The van der Waals surface area contributed by atoms with Crippen molar-refractivity contribution in [2.24, 2.45) is 5.92 Å². The van der Waals surface area contributed by atoms with E-state index in [1.807, 2.05) is 0 Å². The van der Waals surface area contributed by atoms with Crippen molar-refractivity contribution in [1.82, 2.24) is 10.6 Å². The topological polar surface area (TPSA) is 50.4 Å². The molecule has 6 heteroatoms. The third-order valence-corrected chi connectivity index (χ3v) is 2.46. The molecule has 1 fully saturated rings. The Labute approximate surface area is 93.7 Å². The SMILES string of the molecule is O=C(NCCOCC(F)F)[C@H]1CCCNC1. The molecule has 1 heterocycles. The highest BCUT2D eigenvalue weighted by Crippen LogP contribution is 2.09. The maximum absolute atomic E-state index is 11.7. The van der Waals surface area contributed by atoms with Crippen LogP contribution >= 0.6 is 0 Å². The van der Waals surface area contributed by atoms with Crippen LogP contribution in [-0.4, -0.2) is 45.2 Å². The number of hydrogen-bond donors (Lipinski definition) is 2. The summed E-state index contributed by atoms with van der Waals surface area (Å²) in [5.74, 6) is -0.0169. The van der Waals surface area contributed by atoms with E-state index in [9.17, 15) is 13.6 Å². The van der Waals surface area contributed by atoms with Crippen molar-refractivity contribution in [3.8, 4) is 0 Å². The molecular formula is C10H18F2N2O2. The van der Waals surface area contributed by atoms with Crippen LogP contribution in [-0.2, 0) is 9.53 Å². The lowest BCUT2D eigenvalue weighted by atomic mass is 9.99. The molecule has 0 aromatic carbocycles. The average molecular weight is 236 g/mol. The molecule has 0 aliphatic carbocycles. The van der Waals surface area contributed by atoms with E-state index in [1.165, 1.54) is 0 Å². The predicted octanol–water partition coefficient (Wildman–Crippen LogP) is 0.384. The van der Waals surface area contributed by atoms with E-state index < -0.39 is 13.0 Å². The van der Waals surface area contributed by atoms with Crippen molar-refractivity contribution in [1.29, 1.82) is 0 Å². The molecule has 1 atom stereocenters. The molecule has 94 valence electrons. The lowest BCUT2D eigenvalue weighted by Crippen LogP contribution is -2.41. The highest BCUT2D eigenvalue weighted by atomic mass is 19.3. The number of ether oxygens (including phenoxy) is 1. The first-order chi connectivity index (χ1) is 7.70. The predicted molar refractivity (Wildman–Crippen MR) is 55.4 cm³/mol. The molecular weight excluding hydrogens is 218 g/mol. The summed E-state index contributed by atoms with van der Waals surface area (Å²) in [5.41, 5.74) is 0. The van der Waals surface area contributed by atoms with Gasteiger partial charge in [0.05, 0.1) is 12.5 Å². The largest absolute Gasteiger partial charge is 0.374 e. The first kappa shape index (κ1) is 13.3. The van der Waals surface area contributed by atoms with Crippen molar-refractivity contribution in [3.63, 3.8) is 0 Å². The first-order valence-corrected chi connectivity index (χ1v) is 5.54. The standard InChI is InChI=1S/C10H18F2N2O2/c11-9(12)7-16-5-4-14-10(15)8-2-1-3-13-6-8/h8-9,13H,1-7H2,(H,14,15)/t8-/m0/s1. The number of amides is 1. The second-order valence-corrected chi connectivity index (χ2v) is 3.80. The van der Waals surface area contributed by atoms with E-state index in [-0.39, 0.29) is 18.4 Å². The van der Waals surface area contributed by atoms with Crippen LogP contribution in [0.3, 0.4) is 0 Å². The fraction of sp³-hybridized carbons (Fsp3) is 0.900. The van der Waals surface area contributed by atoms with Crippen molar-refractivity contribution in [2.45, 2.75) is 19.3 Å². The molecule has 1 rings (SSSR count). The summed E-state index contributed by atoms with van der Waals surface area (Å²) >= 11 is 0. The Bertz CT molecular complexity index is 209. The minimum Gasteiger partial charge on any atom is -0.374 e. The van der Waals surface area contributed by atoms with Gasteiger partial charge in [0.1, 0.15) is 6.61 Å². The maximum atomic E-state index is 11.7. The Morgan fingerprint density at radius 3 is 3.00 bits per heavy atom. The molecule has 0 aromatic rings.